The van der Waals surface area contributed by atoms with Crippen molar-refractivity contribution in [3.05, 3.63) is 29.3 Å². The Hall–Kier alpha value is -1.06. The number of guanidine groups is 1. The van der Waals surface area contributed by atoms with Crippen LogP contribution in [0.3, 0.4) is 0 Å². The third-order valence-corrected chi connectivity index (χ3v) is 3.69. The van der Waals surface area contributed by atoms with Crippen molar-refractivity contribution in [1.29, 1.82) is 0 Å². The van der Waals surface area contributed by atoms with E-state index >= 15 is 0 Å². The minimum absolute atomic E-state index is 0. The number of halogens is 1. The zero-order valence-electron chi connectivity index (χ0n) is 17.3. The van der Waals surface area contributed by atoms with Gasteiger partial charge in [0.05, 0.1) is 19.3 Å². The lowest BCUT2D eigenvalue weighted by Gasteiger charge is -2.17. The van der Waals surface area contributed by atoms with E-state index in [0.717, 1.165) is 43.3 Å². The second-order valence-electron chi connectivity index (χ2n) is 6.44. The van der Waals surface area contributed by atoms with Crippen molar-refractivity contribution >= 4 is 29.9 Å². The lowest BCUT2D eigenvalue weighted by Crippen LogP contribution is -2.37. The zero-order valence-corrected chi connectivity index (χ0v) is 19.7. The first kappa shape index (κ1) is 25.9. The van der Waals surface area contributed by atoms with E-state index in [1.165, 1.54) is 5.56 Å². The third kappa shape index (κ3) is 12.1. The van der Waals surface area contributed by atoms with Gasteiger partial charge < -0.3 is 24.8 Å². The first-order chi connectivity index (χ1) is 12.6. The van der Waals surface area contributed by atoms with E-state index in [0.29, 0.717) is 19.8 Å². The van der Waals surface area contributed by atoms with Crippen LogP contribution in [0.25, 0.3) is 0 Å². The highest BCUT2D eigenvalue weighted by molar-refractivity contribution is 14.0. The molecule has 0 saturated heterocycles. The highest BCUT2D eigenvalue weighted by Gasteiger charge is 2.07. The summed E-state index contributed by atoms with van der Waals surface area (Å²) in [4.78, 5) is 4.28. The predicted octanol–water partition coefficient (Wildman–Crippen LogP) is 3.51. The number of nitrogens with one attached hydrogen (secondary N) is 2. The molecular formula is C20H36IN3O3. The second-order valence-corrected chi connectivity index (χ2v) is 6.44. The number of ether oxygens (including phenoxy) is 3. The van der Waals surface area contributed by atoms with E-state index in [9.17, 15) is 0 Å². The molecule has 0 heterocycles. The number of aliphatic imine (C=N–C) groups is 1. The van der Waals surface area contributed by atoms with Gasteiger partial charge in [0, 0.05) is 39.4 Å². The number of aryl methyl sites for hydroxylation is 1. The van der Waals surface area contributed by atoms with Gasteiger partial charge in [0.25, 0.3) is 0 Å². The van der Waals surface area contributed by atoms with Gasteiger partial charge in [-0.25, -0.2) is 0 Å². The van der Waals surface area contributed by atoms with Crippen LogP contribution in [0.2, 0.25) is 0 Å². The summed E-state index contributed by atoms with van der Waals surface area (Å²) in [5.41, 5.74) is 2.32. The van der Waals surface area contributed by atoms with Gasteiger partial charge in [-0.05, 0) is 45.2 Å². The summed E-state index contributed by atoms with van der Waals surface area (Å²) in [6, 6.07) is 6.28. The quantitative estimate of drug-likeness (QED) is 0.202. The van der Waals surface area contributed by atoms with Gasteiger partial charge in [-0.3, -0.25) is 4.99 Å². The van der Waals surface area contributed by atoms with Gasteiger partial charge in [0.1, 0.15) is 5.75 Å². The van der Waals surface area contributed by atoms with E-state index in [-0.39, 0.29) is 30.1 Å². The summed E-state index contributed by atoms with van der Waals surface area (Å²) < 4.78 is 16.3. The molecule has 1 rings (SSSR count). The Morgan fingerprint density at radius 2 is 1.89 bits per heavy atom. The van der Waals surface area contributed by atoms with E-state index < -0.39 is 0 Å². The standard InChI is InChI=1S/C20H35N3O3.HI/c1-16(2)26-19-14-17(3)8-9-18(19)15-23-20(21-4)22-10-6-7-11-25-13-12-24-5;/h8-9,14,16H,6-7,10-13,15H2,1-5H3,(H2,21,22,23);1H. The fourth-order valence-electron chi connectivity index (χ4n) is 2.35. The lowest BCUT2D eigenvalue weighted by molar-refractivity contribution is 0.0689. The molecule has 0 unspecified atom stereocenters. The minimum Gasteiger partial charge on any atom is -0.491 e. The van der Waals surface area contributed by atoms with Crippen LogP contribution in [0.1, 0.15) is 37.8 Å². The van der Waals surface area contributed by atoms with E-state index in [4.69, 9.17) is 14.2 Å². The monoisotopic (exact) mass is 493 g/mol. The first-order valence-corrected chi connectivity index (χ1v) is 9.34. The molecule has 27 heavy (non-hydrogen) atoms. The maximum atomic E-state index is 5.92. The van der Waals surface area contributed by atoms with Crippen LogP contribution in [-0.4, -0.2) is 52.6 Å². The first-order valence-electron chi connectivity index (χ1n) is 9.34. The number of hydrogen-bond acceptors (Lipinski definition) is 4. The molecule has 156 valence electrons. The number of unbranched alkanes of at least 4 members (excludes halogenated alkanes) is 1. The highest BCUT2D eigenvalue weighted by Crippen LogP contribution is 2.21. The Labute approximate surface area is 181 Å². The summed E-state index contributed by atoms with van der Waals surface area (Å²) in [5, 5.41) is 6.68. The predicted molar refractivity (Wildman–Crippen MR) is 122 cm³/mol. The van der Waals surface area contributed by atoms with E-state index in [2.05, 4.69) is 40.7 Å². The van der Waals surface area contributed by atoms with Crippen LogP contribution in [0.15, 0.2) is 23.2 Å². The van der Waals surface area contributed by atoms with Crippen molar-refractivity contribution in [3.8, 4) is 5.75 Å². The number of benzene rings is 1. The number of methoxy groups -OCH3 is 1. The summed E-state index contributed by atoms with van der Waals surface area (Å²) >= 11 is 0. The van der Waals surface area contributed by atoms with Crippen LogP contribution in [0.5, 0.6) is 5.75 Å². The van der Waals surface area contributed by atoms with Crippen molar-refractivity contribution in [2.45, 2.75) is 46.3 Å². The Balaban J connectivity index is 0.00000676. The van der Waals surface area contributed by atoms with Gasteiger partial charge in [-0.1, -0.05) is 12.1 Å². The topological polar surface area (TPSA) is 64.1 Å². The third-order valence-electron chi connectivity index (χ3n) is 3.69. The molecule has 1 aromatic rings. The average molecular weight is 493 g/mol. The molecule has 0 fully saturated rings. The Bertz CT molecular complexity index is 539. The van der Waals surface area contributed by atoms with Gasteiger partial charge >= 0.3 is 0 Å². The maximum Gasteiger partial charge on any atom is 0.191 e. The van der Waals surface area contributed by atoms with Crippen LogP contribution in [0.4, 0.5) is 0 Å². The Kier molecular flexibility index (Phi) is 15.3. The SMILES string of the molecule is CN=C(NCCCCOCCOC)NCc1ccc(C)cc1OC(C)C.I. The largest absolute Gasteiger partial charge is 0.491 e. The fourth-order valence-corrected chi connectivity index (χ4v) is 2.35. The smallest absolute Gasteiger partial charge is 0.191 e. The molecular weight excluding hydrogens is 457 g/mol. The van der Waals surface area contributed by atoms with E-state index in [1.807, 2.05) is 13.8 Å². The van der Waals surface area contributed by atoms with Gasteiger partial charge in [0.2, 0.25) is 0 Å². The van der Waals surface area contributed by atoms with Crippen LogP contribution < -0.4 is 15.4 Å². The summed E-state index contributed by atoms with van der Waals surface area (Å²) in [6.45, 7) is 9.75. The number of rotatable bonds is 12. The molecule has 0 bridgehead atoms. The summed E-state index contributed by atoms with van der Waals surface area (Å²) in [6.07, 6.45) is 2.19. The average Bonchev–Trinajstić information content (AvgIpc) is 2.60. The second kappa shape index (κ2) is 15.9. The van der Waals surface area contributed by atoms with Gasteiger partial charge in [0.15, 0.2) is 5.96 Å². The van der Waals surface area contributed by atoms with Gasteiger partial charge in [-0.15, -0.1) is 24.0 Å². The molecule has 1 aromatic carbocycles. The van der Waals surface area contributed by atoms with Crippen molar-refractivity contribution in [2.75, 3.05) is 40.5 Å². The molecule has 0 aliphatic heterocycles. The molecule has 0 aliphatic carbocycles. The van der Waals surface area contributed by atoms with E-state index in [1.54, 1.807) is 14.2 Å². The van der Waals surface area contributed by atoms with Crippen molar-refractivity contribution < 1.29 is 14.2 Å². The molecule has 0 aromatic heterocycles. The minimum atomic E-state index is 0. The molecule has 2 N–H and O–H groups in total. The fraction of sp³-hybridized carbons (Fsp3) is 0.650. The maximum absolute atomic E-state index is 5.92. The lowest BCUT2D eigenvalue weighted by atomic mass is 10.1. The molecule has 0 amide bonds. The van der Waals surface area contributed by atoms with Crippen LogP contribution in [-0.2, 0) is 16.0 Å². The molecule has 6 nitrogen and oxygen atoms in total. The molecule has 0 spiro atoms. The molecule has 0 saturated carbocycles. The van der Waals surface area contributed by atoms with Crippen molar-refractivity contribution in [1.82, 2.24) is 10.6 Å². The Morgan fingerprint density at radius 1 is 1.11 bits per heavy atom. The summed E-state index contributed by atoms with van der Waals surface area (Å²) in [7, 11) is 3.46. The van der Waals surface area contributed by atoms with Gasteiger partial charge in [-0.2, -0.15) is 0 Å². The molecule has 0 atom stereocenters. The number of hydrogen-bond donors (Lipinski definition) is 2. The molecule has 7 heteroatoms. The van der Waals surface area contributed by atoms with Crippen molar-refractivity contribution in [2.24, 2.45) is 4.99 Å². The highest BCUT2D eigenvalue weighted by atomic mass is 127. The van der Waals surface area contributed by atoms with Crippen LogP contribution in [0, 0.1) is 6.92 Å². The summed E-state index contributed by atoms with van der Waals surface area (Å²) in [5.74, 6) is 1.72. The van der Waals surface area contributed by atoms with Crippen molar-refractivity contribution in [3.63, 3.8) is 0 Å². The normalized spacial score (nSPS) is 11.3. The molecule has 0 radical (unpaired) electrons. The van der Waals surface area contributed by atoms with Crippen LogP contribution >= 0.6 is 24.0 Å². The molecule has 0 aliphatic rings. The zero-order chi connectivity index (χ0) is 19.2. The number of nitrogens with zero attached hydrogens (tertiary/aromatic N) is 1. The Morgan fingerprint density at radius 3 is 2.56 bits per heavy atom.